The van der Waals surface area contributed by atoms with Gasteiger partial charge in [-0.25, -0.2) is 0 Å². The van der Waals surface area contributed by atoms with Gasteiger partial charge in [0.1, 0.15) is 0 Å². The monoisotopic (exact) mass is 285 g/mol. The van der Waals surface area contributed by atoms with Crippen LogP contribution in [0.5, 0.6) is 0 Å². The van der Waals surface area contributed by atoms with Gasteiger partial charge in [-0.3, -0.25) is 0 Å². The van der Waals surface area contributed by atoms with E-state index < -0.39 is 0 Å². The summed E-state index contributed by atoms with van der Waals surface area (Å²) < 4.78 is 1.80. The van der Waals surface area contributed by atoms with Crippen molar-refractivity contribution in [2.24, 2.45) is 5.92 Å². The van der Waals surface area contributed by atoms with E-state index in [2.05, 4.69) is 20.8 Å². The van der Waals surface area contributed by atoms with Crippen LogP contribution in [-0.4, -0.2) is 26.8 Å². The van der Waals surface area contributed by atoms with Crippen LogP contribution in [0.3, 0.4) is 0 Å². The number of nitrogens with zero attached hydrogens (tertiary/aromatic N) is 4. The molecule has 21 heavy (non-hydrogen) atoms. The Morgan fingerprint density at radius 1 is 1.10 bits per heavy atom. The molecule has 1 fully saturated rings. The summed E-state index contributed by atoms with van der Waals surface area (Å²) in [6, 6.07) is 10.0. The van der Waals surface area contributed by atoms with Gasteiger partial charge in [0.2, 0.25) is 0 Å². The zero-order chi connectivity index (χ0) is 14.3. The fourth-order valence-electron chi connectivity index (χ4n) is 3.07. The van der Waals surface area contributed by atoms with Crippen molar-refractivity contribution in [2.45, 2.75) is 45.1 Å². The predicted molar refractivity (Wildman–Crippen MR) is 82.1 cm³/mol. The van der Waals surface area contributed by atoms with Crippen molar-refractivity contribution in [1.29, 1.82) is 0 Å². The molecule has 1 aromatic heterocycles. The summed E-state index contributed by atoms with van der Waals surface area (Å²) >= 11 is 0. The standard InChI is InChI=1S/C16H23N5/c1-3-7-14(8-4-1)11-12-17-13-16-18-19-20-21(16)15-9-5-2-6-10-15/h2,5-6,9-10,14,17H,1,3-4,7-8,11-13H2. The lowest BCUT2D eigenvalue weighted by molar-refractivity contribution is 0.333. The highest BCUT2D eigenvalue weighted by Gasteiger charge is 2.13. The third-order valence-electron chi connectivity index (χ3n) is 4.27. The molecule has 0 radical (unpaired) electrons. The summed E-state index contributed by atoms with van der Waals surface area (Å²) in [5, 5.41) is 15.5. The van der Waals surface area contributed by atoms with Crippen LogP contribution in [-0.2, 0) is 6.54 Å². The van der Waals surface area contributed by atoms with E-state index in [1.54, 1.807) is 4.68 Å². The van der Waals surface area contributed by atoms with Gasteiger partial charge >= 0.3 is 0 Å². The molecule has 0 amide bonds. The van der Waals surface area contributed by atoms with E-state index in [-0.39, 0.29) is 0 Å². The summed E-state index contributed by atoms with van der Waals surface area (Å²) in [5.41, 5.74) is 1.01. The topological polar surface area (TPSA) is 55.6 Å². The van der Waals surface area contributed by atoms with Crippen molar-refractivity contribution in [3.05, 3.63) is 36.2 Å². The minimum absolute atomic E-state index is 0.717. The smallest absolute Gasteiger partial charge is 0.170 e. The summed E-state index contributed by atoms with van der Waals surface area (Å²) in [6.45, 7) is 1.76. The molecule has 1 saturated carbocycles. The molecule has 0 saturated heterocycles. The zero-order valence-electron chi connectivity index (χ0n) is 12.4. The van der Waals surface area contributed by atoms with Gasteiger partial charge in [0, 0.05) is 0 Å². The maximum Gasteiger partial charge on any atom is 0.170 e. The minimum Gasteiger partial charge on any atom is -0.310 e. The van der Waals surface area contributed by atoms with Crippen molar-refractivity contribution in [1.82, 2.24) is 25.5 Å². The van der Waals surface area contributed by atoms with E-state index in [9.17, 15) is 0 Å². The van der Waals surface area contributed by atoms with Gasteiger partial charge in [-0.05, 0) is 41.4 Å². The molecule has 1 heterocycles. The molecule has 112 valence electrons. The molecule has 5 nitrogen and oxygen atoms in total. The Morgan fingerprint density at radius 2 is 1.90 bits per heavy atom. The van der Waals surface area contributed by atoms with Gasteiger partial charge in [0.25, 0.3) is 0 Å². The Kier molecular flexibility index (Phi) is 4.94. The van der Waals surface area contributed by atoms with Crippen molar-refractivity contribution in [3.63, 3.8) is 0 Å². The number of hydrogen-bond donors (Lipinski definition) is 1. The Hall–Kier alpha value is -1.75. The van der Waals surface area contributed by atoms with Crippen molar-refractivity contribution in [2.75, 3.05) is 6.54 Å². The summed E-state index contributed by atoms with van der Waals surface area (Å²) in [5.74, 6) is 1.78. The second-order valence-electron chi connectivity index (χ2n) is 5.81. The average Bonchev–Trinajstić information content (AvgIpc) is 3.02. The fraction of sp³-hybridized carbons (Fsp3) is 0.562. The zero-order valence-corrected chi connectivity index (χ0v) is 12.4. The molecule has 2 aromatic rings. The van der Waals surface area contributed by atoms with Gasteiger partial charge in [0.15, 0.2) is 5.82 Å². The van der Waals surface area contributed by atoms with Crippen LogP contribution in [0.2, 0.25) is 0 Å². The Labute approximate surface area is 125 Å². The van der Waals surface area contributed by atoms with E-state index in [4.69, 9.17) is 0 Å². The second-order valence-corrected chi connectivity index (χ2v) is 5.81. The van der Waals surface area contributed by atoms with E-state index in [1.165, 1.54) is 38.5 Å². The minimum atomic E-state index is 0.717. The van der Waals surface area contributed by atoms with Crippen molar-refractivity contribution >= 4 is 0 Å². The van der Waals surface area contributed by atoms with E-state index in [0.717, 1.165) is 24.0 Å². The van der Waals surface area contributed by atoms with Crippen LogP contribution < -0.4 is 5.32 Å². The largest absolute Gasteiger partial charge is 0.310 e. The third-order valence-corrected chi connectivity index (χ3v) is 4.27. The fourth-order valence-corrected chi connectivity index (χ4v) is 3.07. The molecular formula is C16H23N5. The highest BCUT2D eigenvalue weighted by Crippen LogP contribution is 2.25. The first kappa shape index (κ1) is 14.2. The molecule has 0 spiro atoms. The van der Waals surface area contributed by atoms with Gasteiger partial charge in [0.05, 0.1) is 12.2 Å². The van der Waals surface area contributed by atoms with Gasteiger partial charge in [-0.15, -0.1) is 5.10 Å². The lowest BCUT2D eigenvalue weighted by atomic mass is 9.87. The first-order chi connectivity index (χ1) is 10.4. The third kappa shape index (κ3) is 3.88. The molecule has 5 heteroatoms. The average molecular weight is 285 g/mol. The van der Waals surface area contributed by atoms with Crippen molar-refractivity contribution < 1.29 is 0 Å². The van der Waals surface area contributed by atoms with Crippen LogP contribution >= 0.6 is 0 Å². The Balaban J connectivity index is 1.49. The SMILES string of the molecule is c1ccc(-n2nnnc2CNCCC2CCCCC2)cc1. The number of benzene rings is 1. The molecule has 1 aliphatic rings. The summed E-state index contributed by atoms with van der Waals surface area (Å²) in [4.78, 5) is 0. The molecule has 1 aliphatic carbocycles. The molecule has 0 atom stereocenters. The number of tetrazole rings is 1. The van der Waals surface area contributed by atoms with Gasteiger partial charge in [-0.2, -0.15) is 4.68 Å². The number of hydrogen-bond acceptors (Lipinski definition) is 4. The molecule has 0 unspecified atom stereocenters. The van der Waals surface area contributed by atoms with E-state index >= 15 is 0 Å². The van der Waals surface area contributed by atoms with Gasteiger partial charge in [-0.1, -0.05) is 50.3 Å². The second kappa shape index (κ2) is 7.31. The first-order valence-corrected chi connectivity index (χ1v) is 7.97. The lowest BCUT2D eigenvalue weighted by Crippen LogP contribution is -2.21. The number of aromatic nitrogens is 4. The van der Waals surface area contributed by atoms with E-state index in [1.807, 2.05) is 30.3 Å². The predicted octanol–water partition coefficient (Wildman–Crippen LogP) is 2.72. The Morgan fingerprint density at radius 3 is 2.71 bits per heavy atom. The van der Waals surface area contributed by atoms with Crippen molar-refractivity contribution in [3.8, 4) is 5.69 Å². The summed E-state index contributed by atoms with van der Waals surface area (Å²) in [7, 11) is 0. The van der Waals surface area contributed by atoms with Crippen LogP contribution in [0, 0.1) is 5.92 Å². The first-order valence-electron chi connectivity index (χ1n) is 7.97. The molecule has 3 rings (SSSR count). The summed E-state index contributed by atoms with van der Waals surface area (Å²) in [6.07, 6.45) is 8.34. The van der Waals surface area contributed by atoms with Crippen LogP contribution in [0.1, 0.15) is 44.3 Å². The van der Waals surface area contributed by atoms with Gasteiger partial charge < -0.3 is 5.32 Å². The molecular weight excluding hydrogens is 262 g/mol. The number of nitrogens with one attached hydrogen (secondary N) is 1. The lowest BCUT2D eigenvalue weighted by Gasteiger charge is -2.21. The molecule has 1 N–H and O–H groups in total. The highest BCUT2D eigenvalue weighted by molar-refractivity contribution is 5.30. The van der Waals surface area contributed by atoms with Crippen LogP contribution in [0.4, 0.5) is 0 Å². The van der Waals surface area contributed by atoms with Crippen LogP contribution in [0.15, 0.2) is 30.3 Å². The van der Waals surface area contributed by atoms with E-state index in [0.29, 0.717) is 6.54 Å². The molecule has 0 aliphatic heterocycles. The normalized spacial score (nSPS) is 16.2. The molecule has 1 aromatic carbocycles. The number of para-hydroxylation sites is 1. The Bertz CT molecular complexity index is 531. The highest BCUT2D eigenvalue weighted by atomic mass is 15.5. The molecule has 0 bridgehead atoms. The number of rotatable bonds is 6. The maximum absolute atomic E-state index is 4.12. The quantitative estimate of drug-likeness (QED) is 0.829. The maximum atomic E-state index is 4.12. The van der Waals surface area contributed by atoms with Crippen LogP contribution in [0.25, 0.3) is 5.69 Å².